The van der Waals surface area contributed by atoms with Crippen molar-refractivity contribution in [3.05, 3.63) is 77.9 Å². The van der Waals surface area contributed by atoms with E-state index in [-0.39, 0.29) is 30.4 Å². The van der Waals surface area contributed by atoms with Crippen LogP contribution in [-0.2, 0) is 4.79 Å². The summed E-state index contributed by atoms with van der Waals surface area (Å²) in [6, 6.07) is 14.0. The molecule has 0 spiro atoms. The highest BCUT2D eigenvalue weighted by molar-refractivity contribution is 5.78. The third kappa shape index (κ3) is 5.11. The van der Waals surface area contributed by atoms with Crippen LogP contribution in [0, 0.1) is 11.7 Å². The minimum Gasteiger partial charge on any atom is -0.497 e. The first-order valence-corrected chi connectivity index (χ1v) is 10.5. The fourth-order valence-corrected chi connectivity index (χ4v) is 3.79. The van der Waals surface area contributed by atoms with Crippen LogP contribution in [0.15, 0.2) is 60.9 Å². The lowest BCUT2D eigenvalue weighted by molar-refractivity contribution is -0.121. The first-order valence-electron chi connectivity index (χ1n) is 10.5. The molecule has 162 valence electrons. The van der Waals surface area contributed by atoms with Gasteiger partial charge in [0.2, 0.25) is 5.91 Å². The lowest BCUT2D eigenvalue weighted by Crippen LogP contribution is -2.38. The average Bonchev–Trinajstić information content (AvgIpc) is 3.49. The molecule has 0 radical (unpaired) electrons. The largest absolute Gasteiger partial charge is 0.497 e. The fourth-order valence-electron chi connectivity index (χ4n) is 3.79. The molecule has 7 heteroatoms. The van der Waals surface area contributed by atoms with Gasteiger partial charge >= 0.3 is 0 Å². The standard InChI is InChI=1S/C24H27FN4O2/c1-16(21-14-19(25)8-11-22(21)29-13-3-12-27-29)26-15-23(30)28-24(17-4-5-17)18-6-9-20(31-2)10-7-18/h3,6-14,16-17,24,26H,4-5,15H2,1-2H3,(H,28,30). The number of nitrogens with one attached hydrogen (secondary N) is 2. The predicted octanol–water partition coefficient (Wildman–Crippen LogP) is 3.94. The number of halogens is 1. The molecular weight excluding hydrogens is 395 g/mol. The molecule has 2 aromatic carbocycles. The van der Waals surface area contributed by atoms with Crippen LogP contribution < -0.4 is 15.4 Å². The van der Waals surface area contributed by atoms with Crippen LogP contribution in [0.1, 0.15) is 43.0 Å². The predicted molar refractivity (Wildman–Crippen MR) is 117 cm³/mol. The number of hydrogen-bond donors (Lipinski definition) is 2. The van der Waals surface area contributed by atoms with E-state index in [0.717, 1.165) is 35.4 Å². The number of hydrogen-bond acceptors (Lipinski definition) is 4. The second-order valence-electron chi connectivity index (χ2n) is 7.91. The molecule has 1 fully saturated rings. The van der Waals surface area contributed by atoms with Gasteiger partial charge in [-0.25, -0.2) is 9.07 Å². The number of benzene rings is 2. The fraction of sp³-hybridized carbons (Fsp3) is 0.333. The maximum absolute atomic E-state index is 13.9. The van der Waals surface area contributed by atoms with Gasteiger partial charge in [0.15, 0.2) is 0 Å². The third-order valence-corrected chi connectivity index (χ3v) is 5.66. The van der Waals surface area contributed by atoms with Crippen LogP contribution in [0.3, 0.4) is 0 Å². The molecule has 0 bridgehead atoms. The number of rotatable bonds is 9. The van der Waals surface area contributed by atoms with Gasteiger partial charge < -0.3 is 15.4 Å². The molecule has 1 amide bonds. The quantitative estimate of drug-likeness (QED) is 0.548. The molecular formula is C24H27FN4O2. The maximum Gasteiger partial charge on any atom is 0.234 e. The molecule has 1 saturated carbocycles. The Hall–Kier alpha value is -3.19. The van der Waals surface area contributed by atoms with E-state index in [1.54, 1.807) is 24.1 Å². The number of aromatic nitrogens is 2. The van der Waals surface area contributed by atoms with E-state index in [4.69, 9.17) is 4.74 Å². The molecule has 1 aliphatic rings. The van der Waals surface area contributed by atoms with Crippen molar-refractivity contribution in [1.82, 2.24) is 20.4 Å². The maximum atomic E-state index is 13.9. The van der Waals surface area contributed by atoms with Gasteiger partial charge in [-0.3, -0.25) is 4.79 Å². The Labute approximate surface area is 181 Å². The Morgan fingerprint density at radius 2 is 2.03 bits per heavy atom. The van der Waals surface area contributed by atoms with Crippen molar-refractivity contribution in [3.8, 4) is 11.4 Å². The van der Waals surface area contributed by atoms with Gasteiger partial charge in [0.1, 0.15) is 11.6 Å². The van der Waals surface area contributed by atoms with E-state index in [2.05, 4.69) is 15.7 Å². The Morgan fingerprint density at radius 1 is 1.26 bits per heavy atom. The molecule has 6 nitrogen and oxygen atoms in total. The van der Waals surface area contributed by atoms with Crippen molar-refractivity contribution in [2.45, 2.75) is 31.8 Å². The van der Waals surface area contributed by atoms with E-state index in [9.17, 15) is 9.18 Å². The van der Waals surface area contributed by atoms with Crippen molar-refractivity contribution in [3.63, 3.8) is 0 Å². The summed E-state index contributed by atoms with van der Waals surface area (Å²) < 4.78 is 20.8. The molecule has 1 aliphatic carbocycles. The number of carbonyl (C=O) groups excluding carboxylic acids is 1. The average molecular weight is 423 g/mol. The normalized spacial score (nSPS) is 15.3. The molecule has 4 rings (SSSR count). The highest BCUT2D eigenvalue weighted by Gasteiger charge is 2.33. The van der Waals surface area contributed by atoms with Gasteiger partial charge in [-0.15, -0.1) is 0 Å². The highest BCUT2D eigenvalue weighted by Crippen LogP contribution is 2.41. The van der Waals surface area contributed by atoms with Crippen molar-refractivity contribution in [1.29, 1.82) is 0 Å². The lowest BCUT2D eigenvalue weighted by Gasteiger charge is -2.21. The third-order valence-electron chi connectivity index (χ3n) is 5.66. The summed E-state index contributed by atoms with van der Waals surface area (Å²) in [6.07, 6.45) is 5.70. The van der Waals surface area contributed by atoms with E-state index in [1.807, 2.05) is 43.5 Å². The van der Waals surface area contributed by atoms with Crippen LogP contribution in [-0.4, -0.2) is 29.3 Å². The number of amides is 1. The molecule has 0 aliphatic heterocycles. The summed E-state index contributed by atoms with van der Waals surface area (Å²) >= 11 is 0. The summed E-state index contributed by atoms with van der Waals surface area (Å²) in [7, 11) is 1.64. The smallest absolute Gasteiger partial charge is 0.234 e. The second-order valence-corrected chi connectivity index (χ2v) is 7.91. The molecule has 0 saturated heterocycles. The van der Waals surface area contributed by atoms with Gasteiger partial charge in [0.05, 0.1) is 25.4 Å². The first-order chi connectivity index (χ1) is 15.0. The summed E-state index contributed by atoms with van der Waals surface area (Å²) in [5.41, 5.74) is 2.60. The van der Waals surface area contributed by atoms with Gasteiger partial charge in [-0.1, -0.05) is 12.1 Å². The second kappa shape index (κ2) is 9.31. The molecule has 1 heterocycles. The van der Waals surface area contributed by atoms with Crippen LogP contribution in [0.5, 0.6) is 5.75 Å². The van der Waals surface area contributed by atoms with E-state index < -0.39 is 0 Å². The highest BCUT2D eigenvalue weighted by atomic mass is 19.1. The first kappa shape index (κ1) is 21.1. The molecule has 31 heavy (non-hydrogen) atoms. The lowest BCUT2D eigenvalue weighted by atomic mass is 10.0. The Kier molecular flexibility index (Phi) is 6.32. The Balaban J connectivity index is 1.41. The number of methoxy groups -OCH3 is 1. The Morgan fingerprint density at radius 3 is 2.68 bits per heavy atom. The summed E-state index contributed by atoms with van der Waals surface area (Å²) in [5, 5.41) is 10.6. The van der Waals surface area contributed by atoms with Crippen molar-refractivity contribution in [2.24, 2.45) is 5.92 Å². The van der Waals surface area contributed by atoms with Crippen molar-refractivity contribution < 1.29 is 13.9 Å². The van der Waals surface area contributed by atoms with Gasteiger partial charge in [-0.05, 0) is 73.2 Å². The molecule has 2 atom stereocenters. The summed E-state index contributed by atoms with van der Waals surface area (Å²) in [4.78, 5) is 12.7. The summed E-state index contributed by atoms with van der Waals surface area (Å²) in [5.74, 6) is 0.849. The zero-order valence-electron chi connectivity index (χ0n) is 17.7. The number of nitrogens with zero attached hydrogens (tertiary/aromatic N) is 2. The Bertz CT molecular complexity index is 1020. The van der Waals surface area contributed by atoms with Crippen molar-refractivity contribution >= 4 is 5.91 Å². The van der Waals surface area contributed by atoms with Crippen LogP contribution in [0.2, 0.25) is 0 Å². The zero-order chi connectivity index (χ0) is 21.8. The van der Waals surface area contributed by atoms with Crippen molar-refractivity contribution in [2.75, 3.05) is 13.7 Å². The van der Waals surface area contributed by atoms with E-state index in [0.29, 0.717) is 5.92 Å². The monoisotopic (exact) mass is 422 g/mol. The minimum atomic E-state index is -0.322. The molecule has 3 aromatic rings. The van der Waals surface area contributed by atoms with E-state index >= 15 is 0 Å². The van der Waals surface area contributed by atoms with Gasteiger partial charge in [0.25, 0.3) is 0 Å². The van der Waals surface area contributed by atoms with Crippen LogP contribution in [0.25, 0.3) is 5.69 Å². The topological polar surface area (TPSA) is 68.2 Å². The zero-order valence-corrected chi connectivity index (χ0v) is 17.7. The van der Waals surface area contributed by atoms with Crippen LogP contribution in [0.4, 0.5) is 4.39 Å². The summed E-state index contributed by atoms with van der Waals surface area (Å²) in [6.45, 7) is 2.05. The minimum absolute atomic E-state index is 0.00989. The molecule has 2 N–H and O–H groups in total. The SMILES string of the molecule is COc1ccc(C(NC(=O)CNC(C)c2cc(F)ccc2-n2cccn2)C2CC2)cc1. The number of carbonyl (C=O) groups is 1. The van der Waals surface area contributed by atoms with Crippen LogP contribution >= 0.6 is 0 Å². The molecule has 2 unspecified atom stereocenters. The van der Waals surface area contributed by atoms with Gasteiger partial charge in [-0.2, -0.15) is 5.10 Å². The molecule has 1 aromatic heterocycles. The van der Waals surface area contributed by atoms with E-state index in [1.165, 1.54) is 12.1 Å². The number of ether oxygens (including phenoxy) is 1. The van der Waals surface area contributed by atoms with Gasteiger partial charge in [0, 0.05) is 18.4 Å².